The van der Waals surface area contributed by atoms with Crippen molar-refractivity contribution in [3.8, 4) is 0 Å². The molecule has 0 aliphatic carbocycles. The summed E-state index contributed by atoms with van der Waals surface area (Å²) in [5.41, 5.74) is 1.33. The first-order valence-electron chi connectivity index (χ1n) is 8.04. The third-order valence-corrected chi connectivity index (χ3v) is 3.70. The minimum absolute atomic E-state index is 0.101. The van der Waals surface area contributed by atoms with Gasteiger partial charge in [-0.2, -0.15) is 0 Å². The van der Waals surface area contributed by atoms with Gasteiger partial charge in [-0.25, -0.2) is 0 Å². The largest absolute Gasteiger partial charge is 0.390 e. The standard InChI is InChI=1S/C19H24N2O3/c1-19(2,24)10-9-14-6-5-7-15(12-14)18(23)21-13-17(22)16-8-3-4-11-20-16/h3-8,11-12,17,22,24H,9-10,13H2,1-2H3,(H,21,23)/t17-/m1/s1. The molecule has 0 bridgehead atoms. The van der Waals surface area contributed by atoms with Crippen LogP contribution in [0.3, 0.4) is 0 Å². The van der Waals surface area contributed by atoms with Gasteiger partial charge in [0.05, 0.1) is 11.3 Å². The van der Waals surface area contributed by atoms with Gasteiger partial charge in [0.1, 0.15) is 6.10 Å². The first-order valence-corrected chi connectivity index (χ1v) is 8.04. The average molecular weight is 328 g/mol. The molecule has 24 heavy (non-hydrogen) atoms. The highest BCUT2D eigenvalue weighted by molar-refractivity contribution is 5.94. The SMILES string of the molecule is CC(C)(O)CCc1cccc(C(=O)NC[C@@H](O)c2ccccn2)c1. The van der Waals surface area contributed by atoms with Crippen molar-refractivity contribution in [1.82, 2.24) is 10.3 Å². The molecular formula is C19H24N2O3. The molecule has 5 heteroatoms. The van der Waals surface area contributed by atoms with Gasteiger partial charge in [0.2, 0.25) is 0 Å². The molecule has 1 aromatic heterocycles. The van der Waals surface area contributed by atoms with Crippen molar-refractivity contribution in [1.29, 1.82) is 0 Å². The van der Waals surface area contributed by atoms with Crippen molar-refractivity contribution in [2.75, 3.05) is 6.54 Å². The number of nitrogens with zero attached hydrogens (tertiary/aromatic N) is 1. The average Bonchev–Trinajstić information content (AvgIpc) is 2.58. The van der Waals surface area contributed by atoms with E-state index in [2.05, 4.69) is 10.3 Å². The predicted octanol–water partition coefficient (Wildman–Crippen LogP) is 2.25. The number of benzene rings is 1. The number of rotatable bonds is 7. The summed E-state index contributed by atoms with van der Waals surface area (Å²) < 4.78 is 0. The molecule has 3 N–H and O–H groups in total. The summed E-state index contributed by atoms with van der Waals surface area (Å²) >= 11 is 0. The summed E-state index contributed by atoms with van der Waals surface area (Å²) in [4.78, 5) is 16.3. The molecule has 0 aliphatic heterocycles. The fourth-order valence-corrected chi connectivity index (χ4v) is 2.29. The van der Waals surface area contributed by atoms with Crippen molar-refractivity contribution >= 4 is 5.91 Å². The van der Waals surface area contributed by atoms with Crippen LogP contribution in [0.4, 0.5) is 0 Å². The first kappa shape index (κ1) is 18.1. The van der Waals surface area contributed by atoms with E-state index in [1.165, 1.54) is 0 Å². The van der Waals surface area contributed by atoms with Crippen LogP contribution in [0.15, 0.2) is 48.7 Å². The zero-order chi connectivity index (χ0) is 17.6. The van der Waals surface area contributed by atoms with Crippen molar-refractivity contribution in [2.24, 2.45) is 0 Å². The number of pyridine rings is 1. The second kappa shape index (κ2) is 8.04. The maximum Gasteiger partial charge on any atom is 0.251 e. The lowest BCUT2D eigenvalue weighted by Crippen LogP contribution is -2.28. The lowest BCUT2D eigenvalue weighted by Gasteiger charge is -2.17. The van der Waals surface area contributed by atoms with E-state index < -0.39 is 11.7 Å². The molecule has 1 heterocycles. The minimum atomic E-state index is -0.839. The number of aliphatic hydroxyl groups excluding tert-OH is 1. The van der Waals surface area contributed by atoms with Gasteiger partial charge < -0.3 is 15.5 Å². The van der Waals surface area contributed by atoms with E-state index in [1.54, 1.807) is 44.3 Å². The lowest BCUT2D eigenvalue weighted by atomic mass is 9.98. The lowest BCUT2D eigenvalue weighted by molar-refractivity contribution is 0.0714. The molecule has 0 fully saturated rings. The molecule has 2 rings (SSSR count). The normalized spacial score (nSPS) is 12.7. The molecule has 1 aromatic carbocycles. The zero-order valence-corrected chi connectivity index (χ0v) is 14.1. The number of amides is 1. The third kappa shape index (κ3) is 5.76. The van der Waals surface area contributed by atoms with Crippen molar-refractivity contribution < 1.29 is 15.0 Å². The molecule has 5 nitrogen and oxygen atoms in total. The van der Waals surface area contributed by atoms with Gasteiger partial charge in [0.15, 0.2) is 0 Å². The highest BCUT2D eigenvalue weighted by Gasteiger charge is 2.14. The number of carbonyl (C=O) groups excluding carboxylic acids is 1. The molecule has 2 aromatic rings. The number of aliphatic hydroxyl groups is 2. The Hall–Kier alpha value is -2.24. The van der Waals surface area contributed by atoms with Crippen molar-refractivity contribution in [3.05, 3.63) is 65.5 Å². The van der Waals surface area contributed by atoms with Gasteiger partial charge in [-0.1, -0.05) is 18.2 Å². The van der Waals surface area contributed by atoms with E-state index in [-0.39, 0.29) is 12.5 Å². The summed E-state index contributed by atoms with van der Waals surface area (Å²) in [5, 5.41) is 22.6. The Morgan fingerprint density at radius 2 is 2.04 bits per heavy atom. The zero-order valence-electron chi connectivity index (χ0n) is 14.1. The van der Waals surface area contributed by atoms with Crippen LogP contribution >= 0.6 is 0 Å². The number of aromatic nitrogens is 1. The van der Waals surface area contributed by atoms with Gasteiger partial charge in [-0.05, 0) is 56.5 Å². The Bertz CT molecular complexity index is 666. The fourth-order valence-electron chi connectivity index (χ4n) is 2.29. The quantitative estimate of drug-likeness (QED) is 0.728. The van der Waals surface area contributed by atoms with Crippen LogP contribution in [0.25, 0.3) is 0 Å². The monoisotopic (exact) mass is 328 g/mol. The molecule has 1 atom stereocenters. The highest BCUT2D eigenvalue weighted by Crippen LogP contribution is 2.14. The van der Waals surface area contributed by atoms with Crippen LogP contribution < -0.4 is 5.32 Å². The van der Waals surface area contributed by atoms with Crippen LogP contribution in [0.5, 0.6) is 0 Å². The molecule has 1 amide bonds. The Morgan fingerprint density at radius 3 is 2.71 bits per heavy atom. The maximum absolute atomic E-state index is 12.2. The van der Waals surface area contributed by atoms with Gasteiger partial charge in [0.25, 0.3) is 5.91 Å². The summed E-state index contributed by atoms with van der Waals surface area (Å²) in [5.74, 6) is -0.241. The number of nitrogens with one attached hydrogen (secondary N) is 1. The molecule has 0 radical (unpaired) electrons. The Balaban J connectivity index is 1.92. The smallest absolute Gasteiger partial charge is 0.251 e. The Morgan fingerprint density at radius 1 is 1.25 bits per heavy atom. The van der Waals surface area contributed by atoms with E-state index in [0.717, 1.165) is 5.56 Å². The summed E-state index contributed by atoms with van der Waals surface area (Å²) in [6, 6.07) is 12.6. The fraction of sp³-hybridized carbons (Fsp3) is 0.368. The van der Waals surface area contributed by atoms with Crippen molar-refractivity contribution in [2.45, 2.75) is 38.4 Å². The van der Waals surface area contributed by atoms with Crippen LogP contribution in [0.2, 0.25) is 0 Å². The van der Waals surface area contributed by atoms with Crippen LogP contribution in [0.1, 0.15) is 48.0 Å². The number of carbonyl (C=O) groups is 1. The summed E-state index contributed by atoms with van der Waals surface area (Å²) in [6.45, 7) is 3.63. The van der Waals surface area contributed by atoms with E-state index >= 15 is 0 Å². The Kier molecular flexibility index (Phi) is 6.06. The van der Waals surface area contributed by atoms with Gasteiger partial charge in [0, 0.05) is 18.3 Å². The second-order valence-corrected chi connectivity index (χ2v) is 6.49. The molecule has 0 aliphatic rings. The third-order valence-electron chi connectivity index (χ3n) is 3.70. The van der Waals surface area contributed by atoms with E-state index in [1.807, 2.05) is 18.2 Å². The number of aryl methyl sites for hydroxylation is 1. The summed E-state index contributed by atoms with van der Waals surface area (Å²) in [7, 11) is 0. The molecule has 128 valence electrons. The first-order chi connectivity index (χ1) is 11.3. The molecule has 0 saturated carbocycles. The molecule has 0 unspecified atom stereocenters. The van der Waals surface area contributed by atoms with E-state index in [9.17, 15) is 15.0 Å². The van der Waals surface area contributed by atoms with Crippen LogP contribution in [-0.2, 0) is 6.42 Å². The second-order valence-electron chi connectivity index (χ2n) is 6.49. The van der Waals surface area contributed by atoms with E-state index in [4.69, 9.17) is 0 Å². The van der Waals surface area contributed by atoms with Crippen LogP contribution in [0, 0.1) is 0 Å². The van der Waals surface area contributed by atoms with Crippen molar-refractivity contribution in [3.63, 3.8) is 0 Å². The maximum atomic E-state index is 12.2. The summed E-state index contributed by atoms with van der Waals surface area (Å²) in [6.07, 6.45) is 2.08. The molecular weight excluding hydrogens is 304 g/mol. The Labute approximate surface area is 142 Å². The molecule has 0 saturated heterocycles. The number of hydrogen-bond donors (Lipinski definition) is 3. The minimum Gasteiger partial charge on any atom is -0.390 e. The number of hydrogen-bond acceptors (Lipinski definition) is 4. The van der Waals surface area contributed by atoms with Gasteiger partial charge in [-0.3, -0.25) is 9.78 Å². The van der Waals surface area contributed by atoms with Crippen LogP contribution in [-0.4, -0.2) is 33.3 Å². The predicted molar refractivity (Wildman–Crippen MR) is 92.6 cm³/mol. The van der Waals surface area contributed by atoms with Gasteiger partial charge in [-0.15, -0.1) is 0 Å². The topological polar surface area (TPSA) is 82.5 Å². The van der Waals surface area contributed by atoms with Gasteiger partial charge >= 0.3 is 0 Å². The van der Waals surface area contributed by atoms with E-state index in [0.29, 0.717) is 24.1 Å². The highest BCUT2D eigenvalue weighted by atomic mass is 16.3. The molecule has 0 spiro atoms.